The van der Waals surface area contributed by atoms with E-state index < -0.39 is 0 Å². The summed E-state index contributed by atoms with van der Waals surface area (Å²) in [7, 11) is 0. The van der Waals surface area contributed by atoms with Crippen molar-refractivity contribution in [3.05, 3.63) is 30.1 Å². The summed E-state index contributed by atoms with van der Waals surface area (Å²) in [6.07, 6.45) is 0. The molecule has 15 heavy (non-hydrogen) atoms. The van der Waals surface area contributed by atoms with E-state index in [9.17, 15) is 4.39 Å². The number of ether oxygens (including phenoxy) is 1. The maximum atomic E-state index is 13.1. The average molecular weight is 210 g/mol. The van der Waals surface area contributed by atoms with Crippen molar-refractivity contribution in [1.29, 1.82) is 0 Å². The van der Waals surface area contributed by atoms with Gasteiger partial charge < -0.3 is 10.5 Å². The van der Waals surface area contributed by atoms with Gasteiger partial charge in [-0.2, -0.15) is 0 Å². The van der Waals surface area contributed by atoms with Gasteiger partial charge in [0.1, 0.15) is 6.61 Å². The summed E-state index contributed by atoms with van der Waals surface area (Å²) in [5.74, 6) is 0.0140. The highest BCUT2D eigenvalue weighted by Crippen LogP contribution is 2.15. The number of likely N-dealkylation sites (tertiary alicyclic amines) is 1. The first-order valence-corrected chi connectivity index (χ1v) is 5.11. The van der Waals surface area contributed by atoms with Gasteiger partial charge in [0.05, 0.1) is 0 Å². The summed E-state index contributed by atoms with van der Waals surface area (Å²) in [5, 5.41) is 0. The molecular weight excluding hydrogens is 195 g/mol. The van der Waals surface area contributed by atoms with Crippen LogP contribution in [0, 0.1) is 5.82 Å². The minimum atomic E-state index is -0.308. The first-order chi connectivity index (χ1) is 7.25. The van der Waals surface area contributed by atoms with Gasteiger partial charge in [-0.15, -0.1) is 0 Å². The van der Waals surface area contributed by atoms with E-state index in [1.807, 2.05) is 0 Å². The quantitative estimate of drug-likeness (QED) is 0.800. The van der Waals surface area contributed by atoms with Gasteiger partial charge in [0.15, 0.2) is 11.6 Å². The van der Waals surface area contributed by atoms with Crippen molar-refractivity contribution in [3.63, 3.8) is 0 Å². The van der Waals surface area contributed by atoms with Crippen LogP contribution in [0.15, 0.2) is 24.3 Å². The zero-order valence-corrected chi connectivity index (χ0v) is 8.53. The highest BCUT2D eigenvalue weighted by molar-refractivity contribution is 5.23. The predicted molar refractivity (Wildman–Crippen MR) is 56.3 cm³/mol. The van der Waals surface area contributed by atoms with Crippen molar-refractivity contribution in [2.24, 2.45) is 5.73 Å². The van der Waals surface area contributed by atoms with Crippen LogP contribution in [0.3, 0.4) is 0 Å². The van der Waals surface area contributed by atoms with Crippen LogP contribution in [0.1, 0.15) is 0 Å². The fourth-order valence-electron chi connectivity index (χ4n) is 1.64. The molecule has 0 amide bonds. The number of benzene rings is 1. The van der Waals surface area contributed by atoms with Crippen LogP contribution in [0.25, 0.3) is 0 Å². The topological polar surface area (TPSA) is 38.5 Å². The van der Waals surface area contributed by atoms with Gasteiger partial charge in [0.25, 0.3) is 0 Å². The van der Waals surface area contributed by atoms with Crippen LogP contribution in [0.2, 0.25) is 0 Å². The second kappa shape index (κ2) is 4.59. The van der Waals surface area contributed by atoms with E-state index in [-0.39, 0.29) is 5.82 Å². The Bertz CT molecular complexity index is 326. The number of hydrogen-bond donors (Lipinski definition) is 1. The zero-order chi connectivity index (χ0) is 10.7. The number of rotatable bonds is 4. The van der Waals surface area contributed by atoms with Crippen molar-refractivity contribution < 1.29 is 9.13 Å². The first-order valence-electron chi connectivity index (χ1n) is 5.11. The molecule has 0 unspecified atom stereocenters. The van der Waals surface area contributed by atoms with E-state index in [1.54, 1.807) is 18.2 Å². The monoisotopic (exact) mass is 210 g/mol. The van der Waals surface area contributed by atoms with Gasteiger partial charge in [-0.05, 0) is 12.1 Å². The molecule has 1 fully saturated rings. The second-order valence-corrected chi connectivity index (χ2v) is 3.80. The van der Waals surface area contributed by atoms with Crippen molar-refractivity contribution in [1.82, 2.24) is 4.90 Å². The lowest BCUT2D eigenvalue weighted by atomic mass is 10.1. The van der Waals surface area contributed by atoms with Gasteiger partial charge in [-0.1, -0.05) is 12.1 Å². The maximum absolute atomic E-state index is 13.1. The van der Waals surface area contributed by atoms with Gasteiger partial charge in [0.2, 0.25) is 0 Å². The largest absolute Gasteiger partial charge is 0.489 e. The van der Waals surface area contributed by atoms with E-state index in [4.69, 9.17) is 10.5 Å². The smallest absolute Gasteiger partial charge is 0.165 e. The normalized spacial score (nSPS) is 17.5. The Morgan fingerprint density at radius 3 is 2.80 bits per heavy atom. The third-order valence-electron chi connectivity index (χ3n) is 2.49. The second-order valence-electron chi connectivity index (χ2n) is 3.80. The Labute approximate surface area is 88.6 Å². The van der Waals surface area contributed by atoms with Crippen LogP contribution >= 0.6 is 0 Å². The van der Waals surface area contributed by atoms with Crippen LogP contribution in [-0.2, 0) is 0 Å². The molecule has 0 spiro atoms. The zero-order valence-electron chi connectivity index (χ0n) is 8.53. The van der Waals surface area contributed by atoms with Gasteiger partial charge in [-0.25, -0.2) is 4.39 Å². The van der Waals surface area contributed by atoms with Gasteiger partial charge in [-0.3, -0.25) is 4.90 Å². The standard InChI is InChI=1S/C11H15FN2O/c12-10-3-1-2-4-11(10)15-6-5-14-7-9(13)8-14/h1-4,9H,5-8,13H2. The molecule has 0 aromatic heterocycles. The highest BCUT2D eigenvalue weighted by Gasteiger charge is 2.22. The molecule has 3 nitrogen and oxygen atoms in total. The molecule has 2 N–H and O–H groups in total. The molecule has 82 valence electrons. The summed E-state index contributed by atoms with van der Waals surface area (Å²) < 4.78 is 18.4. The molecule has 0 saturated carbocycles. The number of para-hydroxylation sites is 1. The molecule has 1 saturated heterocycles. The molecule has 1 aromatic rings. The van der Waals surface area contributed by atoms with Crippen LogP contribution < -0.4 is 10.5 Å². The highest BCUT2D eigenvalue weighted by atomic mass is 19.1. The van der Waals surface area contributed by atoms with E-state index in [2.05, 4.69) is 4.90 Å². The predicted octanol–water partition coefficient (Wildman–Crippen LogP) is 0.847. The molecule has 1 aliphatic heterocycles. The summed E-state index contributed by atoms with van der Waals surface area (Å²) in [4.78, 5) is 2.19. The van der Waals surface area contributed by atoms with Crippen molar-refractivity contribution >= 4 is 0 Å². The lowest BCUT2D eigenvalue weighted by Crippen LogP contribution is -2.56. The molecule has 1 aromatic carbocycles. The van der Waals surface area contributed by atoms with Gasteiger partial charge >= 0.3 is 0 Å². The van der Waals surface area contributed by atoms with Crippen LogP contribution in [-0.4, -0.2) is 37.2 Å². The van der Waals surface area contributed by atoms with Crippen molar-refractivity contribution in [3.8, 4) is 5.75 Å². The molecule has 0 aliphatic carbocycles. The fraction of sp³-hybridized carbons (Fsp3) is 0.455. The minimum Gasteiger partial charge on any atom is -0.489 e. The van der Waals surface area contributed by atoms with Gasteiger partial charge in [0, 0.05) is 25.7 Å². The van der Waals surface area contributed by atoms with E-state index in [1.165, 1.54) is 6.07 Å². The van der Waals surface area contributed by atoms with E-state index in [0.29, 0.717) is 18.4 Å². The molecule has 1 aliphatic rings. The Kier molecular flexibility index (Phi) is 3.18. The third kappa shape index (κ3) is 2.67. The number of nitrogens with zero attached hydrogens (tertiary/aromatic N) is 1. The molecule has 0 atom stereocenters. The van der Waals surface area contributed by atoms with Crippen molar-refractivity contribution in [2.75, 3.05) is 26.2 Å². The summed E-state index contributed by atoms with van der Waals surface area (Å²) >= 11 is 0. The minimum absolute atomic E-state index is 0.304. The fourth-order valence-corrected chi connectivity index (χ4v) is 1.64. The molecular formula is C11H15FN2O. The number of nitrogens with two attached hydrogens (primary N) is 1. The molecule has 0 radical (unpaired) electrons. The summed E-state index contributed by atoms with van der Waals surface area (Å²) in [5.41, 5.74) is 5.63. The third-order valence-corrected chi connectivity index (χ3v) is 2.49. The Morgan fingerprint density at radius 2 is 2.13 bits per heavy atom. The Morgan fingerprint density at radius 1 is 1.40 bits per heavy atom. The van der Waals surface area contributed by atoms with Crippen molar-refractivity contribution in [2.45, 2.75) is 6.04 Å². The lowest BCUT2D eigenvalue weighted by molar-refractivity contribution is 0.123. The molecule has 1 heterocycles. The molecule has 0 bridgehead atoms. The Balaban J connectivity index is 1.72. The molecule has 4 heteroatoms. The van der Waals surface area contributed by atoms with Crippen LogP contribution in [0.4, 0.5) is 4.39 Å². The number of halogens is 1. The maximum Gasteiger partial charge on any atom is 0.165 e. The summed E-state index contributed by atoms with van der Waals surface area (Å²) in [6.45, 7) is 3.15. The Hall–Kier alpha value is -1.13. The van der Waals surface area contributed by atoms with Crippen LogP contribution in [0.5, 0.6) is 5.75 Å². The molecule has 2 rings (SSSR count). The first kappa shape index (κ1) is 10.4. The summed E-state index contributed by atoms with van der Waals surface area (Å²) in [6, 6.07) is 6.75. The van der Waals surface area contributed by atoms with E-state index >= 15 is 0 Å². The number of hydrogen-bond acceptors (Lipinski definition) is 3. The van der Waals surface area contributed by atoms with E-state index in [0.717, 1.165) is 19.6 Å². The SMILES string of the molecule is NC1CN(CCOc2ccccc2F)C1. The average Bonchev–Trinajstić information content (AvgIpc) is 2.18. The lowest BCUT2D eigenvalue weighted by Gasteiger charge is -2.36.